The van der Waals surface area contributed by atoms with Crippen molar-refractivity contribution in [3.05, 3.63) is 0 Å². The summed E-state index contributed by atoms with van der Waals surface area (Å²) in [6.07, 6.45) is -1.09. The van der Waals surface area contributed by atoms with Gasteiger partial charge < -0.3 is 39.6 Å². The van der Waals surface area contributed by atoms with E-state index < -0.39 is 54.0 Å². The molecule has 0 aromatic heterocycles. The maximum Gasteiger partial charge on any atom is 0.234 e. The van der Waals surface area contributed by atoms with E-state index in [9.17, 15) is 37.8 Å². The van der Waals surface area contributed by atoms with Gasteiger partial charge in [-0.25, -0.2) is 0 Å². The Balaban J connectivity index is 2.01. The summed E-state index contributed by atoms with van der Waals surface area (Å²) in [5, 5.41) is 18.0. The van der Waals surface area contributed by atoms with Crippen molar-refractivity contribution in [1.82, 2.24) is 19.6 Å². The number of aliphatic hydroxyl groups excluding tert-OH is 2. The van der Waals surface area contributed by atoms with Gasteiger partial charge in [-0.15, -0.1) is 0 Å². The van der Waals surface area contributed by atoms with E-state index in [0.29, 0.717) is 65.2 Å². The largest absolute Gasteiger partial charge is 0.386 e. The lowest BCUT2D eigenvalue weighted by atomic mass is 10.2. The SMILES string of the molecule is O=P(O)(CO)CP(=O)(O)CN1CCCN2CCN(CCCN(CP(=O)(O)CP(=O)(O)CO)CC2)CC1. The summed E-state index contributed by atoms with van der Waals surface area (Å²) in [7, 11) is -16.0. The van der Waals surface area contributed by atoms with Crippen LogP contribution < -0.4 is 0 Å². The molecular formula is C18H42N4O10P4. The van der Waals surface area contributed by atoms with Crippen molar-refractivity contribution in [2.24, 2.45) is 0 Å². The van der Waals surface area contributed by atoms with Gasteiger partial charge in [0.1, 0.15) is 24.5 Å². The molecule has 2 aliphatic heterocycles. The van der Waals surface area contributed by atoms with E-state index in [1.54, 1.807) is 0 Å². The van der Waals surface area contributed by atoms with Crippen LogP contribution >= 0.6 is 29.5 Å². The van der Waals surface area contributed by atoms with Gasteiger partial charge in [0.2, 0.25) is 29.5 Å². The second kappa shape index (κ2) is 14.2. The standard InChI is InChI=1S/C18H42N4O10P4/c23-15-35(29,30)17-33(25,26)13-21-5-1-3-19-7-8-20(10-11-21)4-2-6-22(12-9-19)14-34(27,28)18-36(31,32)16-24/h23-24H,1-18H2,(H,25,26)(H,27,28)(H,29,30)(H,31,32). The molecule has 6 atom stereocenters. The first kappa shape index (κ1) is 32.7. The Labute approximate surface area is 212 Å². The average molecular weight is 598 g/mol. The van der Waals surface area contributed by atoms with Crippen molar-refractivity contribution in [1.29, 1.82) is 0 Å². The third-order valence-electron chi connectivity index (χ3n) is 6.26. The molecule has 36 heavy (non-hydrogen) atoms. The van der Waals surface area contributed by atoms with Crippen LogP contribution in [0.3, 0.4) is 0 Å². The van der Waals surface area contributed by atoms with E-state index in [4.69, 9.17) is 10.2 Å². The molecule has 6 N–H and O–H groups in total. The third-order valence-corrected chi connectivity index (χ3v) is 15.9. The summed E-state index contributed by atoms with van der Waals surface area (Å²) in [5.74, 6) is -1.62. The molecule has 2 rings (SSSR count). The smallest absolute Gasteiger partial charge is 0.234 e. The number of rotatable bonds is 10. The Kier molecular flexibility index (Phi) is 12.9. The summed E-state index contributed by atoms with van der Waals surface area (Å²) >= 11 is 0. The minimum atomic E-state index is -4.05. The van der Waals surface area contributed by atoms with E-state index in [1.165, 1.54) is 0 Å². The van der Waals surface area contributed by atoms with Crippen LogP contribution in [-0.4, -0.2) is 152 Å². The zero-order valence-electron chi connectivity index (χ0n) is 20.6. The Morgan fingerprint density at radius 1 is 0.472 bits per heavy atom. The van der Waals surface area contributed by atoms with Crippen LogP contribution in [0, 0.1) is 0 Å². The van der Waals surface area contributed by atoms with Gasteiger partial charge in [0, 0.05) is 39.3 Å². The molecule has 0 saturated carbocycles. The second-order valence-electron chi connectivity index (χ2n) is 9.86. The minimum Gasteiger partial charge on any atom is -0.386 e. The minimum absolute atomic E-state index is 0.215. The van der Waals surface area contributed by atoms with Gasteiger partial charge in [0.05, 0.1) is 12.6 Å². The third kappa shape index (κ3) is 12.6. The molecule has 2 heterocycles. The van der Waals surface area contributed by atoms with Crippen LogP contribution in [0.1, 0.15) is 12.8 Å². The lowest BCUT2D eigenvalue weighted by Crippen LogP contribution is -2.47. The normalized spacial score (nSPS) is 30.4. The van der Waals surface area contributed by atoms with Gasteiger partial charge in [0.25, 0.3) is 0 Å². The fourth-order valence-corrected chi connectivity index (χ4v) is 13.3. The van der Waals surface area contributed by atoms with Gasteiger partial charge >= 0.3 is 0 Å². The molecule has 6 unspecified atom stereocenters. The monoisotopic (exact) mass is 598 g/mol. The molecular weight excluding hydrogens is 556 g/mol. The van der Waals surface area contributed by atoms with E-state index >= 15 is 0 Å². The molecule has 2 saturated heterocycles. The van der Waals surface area contributed by atoms with Crippen LogP contribution in [0.2, 0.25) is 0 Å². The summed E-state index contributed by atoms with van der Waals surface area (Å²) in [6, 6.07) is 0. The Bertz CT molecular complexity index is 826. The van der Waals surface area contributed by atoms with Crippen LogP contribution in [0.4, 0.5) is 0 Å². The molecule has 18 heteroatoms. The number of hydrogen-bond acceptors (Lipinski definition) is 10. The Hall–Kier alpha value is 0.520. The molecule has 0 amide bonds. The molecule has 0 aromatic rings. The summed E-state index contributed by atoms with van der Waals surface area (Å²) in [5.41, 5.74) is 0. The van der Waals surface area contributed by atoms with Gasteiger partial charge in [-0.1, -0.05) is 0 Å². The zero-order chi connectivity index (χ0) is 27.0. The van der Waals surface area contributed by atoms with Gasteiger partial charge in [-0.05, 0) is 39.0 Å². The maximum absolute atomic E-state index is 12.6. The van der Waals surface area contributed by atoms with Crippen molar-refractivity contribution >= 4 is 29.5 Å². The van der Waals surface area contributed by atoms with Crippen molar-refractivity contribution < 1.29 is 48.0 Å². The zero-order valence-corrected chi connectivity index (χ0v) is 24.2. The highest BCUT2D eigenvalue weighted by Crippen LogP contribution is 2.57. The molecule has 14 nitrogen and oxygen atoms in total. The van der Waals surface area contributed by atoms with E-state index in [1.807, 2.05) is 9.80 Å². The van der Waals surface area contributed by atoms with Crippen LogP contribution in [0.15, 0.2) is 0 Å². The Morgan fingerprint density at radius 3 is 1.14 bits per heavy atom. The Morgan fingerprint density at radius 2 is 0.806 bits per heavy atom. The van der Waals surface area contributed by atoms with Crippen molar-refractivity contribution in [2.45, 2.75) is 12.8 Å². The highest BCUT2D eigenvalue weighted by atomic mass is 31.2. The van der Waals surface area contributed by atoms with Crippen molar-refractivity contribution in [3.63, 3.8) is 0 Å². The average Bonchev–Trinajstić information content (AvgIpc) is 2.75. The van der Waals surface area contributed by atoms with Crippen LogP contribution in [0.25, 0.3) is 0 Å². The molecule has 2 bridgehead atoms. The summed E-state index contributed by atoms with van der Waals surface area (Å²) < 4.78 is 48.8. The molecule has 0 aromatic carbocycles. The first-order chi connectivity index (χ1) is 16.6. The van der Waals surface area contributed by atoms with Gasteiger partial charge in [0.15, 0.2) is 0 Å². The van der Waals surface area contributed by atoms with Crippen molar-refractivity contribution in [3.8, 4) is 0 Å². The highest BCUT2D eigenvalue weighted by Gasteiger charge is 2.34. The predicted octanol–water partition coefficient (Wildman–Crippen LogP) is -0.187. The van der Waals surface area contributed by atoms with Crippen molar-refractivity contribution in [2.75, 3.05) is 103 Å². The molecule has 0 spiro atoms. The van der Waals surface area contributed by atoms with E-state index in [2.05, 4.69) is 9.80 Å². The fraction of sp³-hybridized carbons (Fsp3) is 1.00. The second-order valence-corrected chi connectivity index (χ2v) is 20.0. The lowest BCUT2D eigenvalue weighted by molar-refractivity contribution is 0.129. The van der Waals surface area contributed by atoms with Gasteiger partial charge in [-0.3, -0.25) is 28.1 Å². The number of fused-ring (bicyclic) bond motifs is 3. The molecule has 2 fully saturated rings. The van der Waals surface area contributed by atoms with Crippen LogP contribution in [-0.2, 0) is 18.3 Å². The lowest BCUT2D eigenvalue weighted by Gasteiger charge is -2.36. The predicted molar refractivity (Wildman–Crippen MR) is 138 cm³/mol. The summed E-state index contributed by atoms with van der Waals surface area (Å²) in [4.78, 5) is 47.9. The van der Waals surface area contributed by atoms with E-state index in [0.717, 1.165) is 13.1 Å². The first-order valence-electron chi connectivity index (χ1n) is 12.0. The number of hydrogen-bond donors (Lipinski definition) is 6. The molecule has 2 aliphatic rings. The van der Waals surface area contributed by atoms with Gasteiger partial charge in [-0.2, -0.15) is 0 Å². The summed E-state index contributed by atoms with van der Waals surface area (Å²) in [6.45, 7) is 6.25. The molecule has 214 valence electrons. The topological polar surface area (TPSA) is 203 Å². The molecule has 0 radical (unpaired) electrons. The maximum atomic E-state index is 12.6. The van der Waals surface area contributed by atoms with Crippen LogP contribution in [0.5, 0.6) is 0 Å². The molecule has 0 aliphatic carbocycles. The highest BCUT2D eigenvalue weighted by molar-refractivity contribution is 7.75. The quantitative estimate of drug-likeness (QED) is 0.181. The number of nitrogens with zero attached hydrogens (tertiary/aromatic N) is 4. The number of aliphatic hydroxyl groups is 2. The van der Waals surface area contributed by atoms with E-state index in [-0.39, 0.29) is 12.6 Å². The first-order valence-corrected chi connectivity index (χ1v) is 20.1. The fourth-order valence-electron chi connectivity index (χ4n) is 4.56.